The zero-order chi connectivity index (χ0) is 17.6. The van der Waals surface area contributed by atoms with Crippen molar-refractivity contribution in [3.63, 3.8) is 0 Å². The van der Waals surface area contributed by atoms with E-state index in [1.165, 1.54) is 0 Å². The summed E-state index contributed by atoms with van der Waals surface area (Å²) in [5.41, 5.74) is -0.0290. The molecule has 7 nitrogen and oxygen atoms in total. The van der Waals surface area contributed by atoms with Crippen LogP contribution in [0.15, 0.2) is 24.3 Å². The number of carbonyl (C=O) groups excluding carboxylic acids is 2. The van der Waals surface area contributed by atoms with Gasteiger partial charge in [0.2, 0.25) is 11.8 Å². The molecule has 0 saturated heterocycles. The number of amides is 2. The number of hydrogen-bond acceptors (Lipinski definition) is 4. The number of carboxylic acid groups (broad SMARTS) is 1. The predicted octanol–water partition coefficient (Wildman–Crippen LogP) is 1.07. The molecule has 0 bridgehead atoms. The summed E-state index contributed by atoms with van der Waals surface area (Å²) in [6, 6.07) is 7.27. The van der Waals surface area contributed by atoms with Gasteiger partial charge in [-0.15, -0.1) is 0 Å². The van der Waals surface area contributed by atoms with E-state index < -0.39 is 17.3 Å². The highest BCUT2D eigenvalue weighted by molar-refractivity contribution is 5.88. The van der Waals surface area contributed by atoms with Gasteiger partial charge in [0.25, 0.3) is 0 Å². The maximum Gasteiger partial charge on any atom is 0.310 e. The number of aliphatic carboxylic acids is 1. The zero-order valence-electron chi connectivity index (χ0n) is 13.6. The van der Waals surface area contributed by atoms with E-state index in [-0.39, 0.29) is 18.9 Å². The lowest BCUT2D eigenvalue weighted by molar-refractivity contribution is -0.157. The summed E-state index contributed by atoms with van der Waals surface area (Å²) in [5.74, 6) is -0.928. The minimum Gasteiger partial charge on any atom is -0.497 e. The quantitative estimate of drug-likeness (QED) is 0.660. The van der Waals surface area contributed by atoms with Gasteiger partial charge in [-0.3, -0.25) is 14.4 Å². The van der Waals surface area contributed by atoms with Crippen LogP contribution in [0.25, 0.3) is 0 Å². The molecule has 2 amide bonds. The lowest BCUT2D eigenvalue weighted by Crippen LogP contribution is -2.44. The second-order valence-electron chi connectivity index (χ2n) is 6.02. The molecule has 0 unspecified atom stereocenters. The highest BCUT2D eigenvalue weighted by atomic mass is 16.5. The van der Waals surface area contributed by atoms with Crippen LogP contribution in [0, 0.1) is 5.41 Å². The maximum atomic E-state index is 11.8. The Morgan fingerprint density at radius 1 is 1.12 bits per heavy atom. The Labute approximate surface area is 140 Å². The molecule has 0 spiro atoms. The van der Waals surface area contributed by atoms with Crippen molar-refractivity contribution in [2.75, 3.05) is 13.7 Å². The van der Waals surface area contributed by atoms with Crippen molar-refractivity contribution in [1.29, 1.82) is 0 Å². The number of ether oxygens (including phenoxy) is 1. The summed E-state index contributed by atoms with van der Waals surface area (Å²) in [6.45, 7) is 0.183. The Bertz CT molecular complexity index is 608. The Hall–Kier alpha value is -2.57. The van der Waals surface area contributed by atoms with Gasteiger partial charge < -0.3 is 20.5 Å². The van der Waals surface area contributed by atoms with E-state index in [2.05, 4.69) is 10.6 Å². The lowest BCUT2D eigenvalue weighted by atomic mass is 9.66. The van der Waals surface area contributed by atoms with Gasteiger partial charge in [-0.05, 0) is 30.5 Å². The first kappa shape index (κ1) is 17.8. The molecule has 0 aliphatic heterocycles. The smallest absolute Gasteiger partial charge is 0.310 e. The standard InChI is InChI=1S/C17H22N2O5/c1-24-13-5-3-12(4-6-13)10-18-15(21)11-19-14(20)9-17(16(22)23)7-2-8-17/h3-6H,2,7-11H2,1H3,(H,18,21)(H,19,20)(H,22,23). The lowest BCUT2D eigenvalue weighted by Gasteiger charge is -2.36. The van der Waals surface area contributed by atoms with Crippen LogP contribution < -0.4 is 15.4 Å². The fraction of sp³-hybridized carbons (Fsp3) is 0.471. The summed E-state index contributed by atoms with van der Waals surface area (Å²) in [5, 5.41) is 14.4. The molecule has 0 aromatic heterocycles. The van der Waals surface area contributed by atoms with Crippen molar-refractivity contribution in [1.82, 2.24) is 10.6 Å². The first-order valence-corrected chi connectivity index (χ1v) is 7.85. The first-order valence-electron chi connectivity index (χ1n) is 7.85. The molecule has 0 heterocycles. The molecule has 0 radical (unpaired) electrons. The van der Waals surface area contributed by atoms with Crippen molar-refractivity contribution in [2.45, 2.75) is 32.2 Å². The Kier molecular flexibility index (Phi) is 5.78. The molecule has 1 fully saturated rings. The largest absolute Gasteiger partial charge is 0.497 e. The van der Waals surface area contributed by atoms with Crippen molar-refractivity contribution in [3.05, 3.63) is 29.8 Å². The Morgan fingerprint density at radius 2 is 1.79 bits per heavy atom. The maximum absolute atomic E-state index is 11.8. The summed E-state index contributed by atoms with van der Waals surface area (Å²) >= 11 is 0. The van der Waals surface area contributed by atoms with E-state index >= 15 is 0 Å². The topological polar surface area (TPSA) is 105 Å². The van der Waals surface area contributed by atoms with Crippen LogP contribution in [0.4, 0.5) is 0 Å². The predicted molar refractivity (Wildman–Crippen MR) is 86.4 cm³/mol. The highest BCUT2D eigenvalue weighted by Crippen LogP contribution is 2.44. The normalized spacial score (nSPS) is 15.0. The van der Waals surface area contributed by atoms with E-state index in [0.29, 0.717) is 19.4 Å². The molecule has 2 rings (SSSR count). The highest BCUT2D eigenvalue weighted by Gasteiger charge is 2.45. The molecule has 130 valence electrons. The van der Waals surface area contributed by atoms with Crippen molar-refractivity contribution in [2.24, 2.45) is 5.41 Å². The number of carbonyl (C=O) groups is 3. The molecule has 3 N–H and O–H groups in total. The average molecular weight is 334 g/mol. The summed E-state index contributed by atoms with van der Waals surface area (Å²) in [7, 11) is 1.58. The number of rotatable bonds is 8. The second-order valence-corrected chi connectivity index (χ2v) is 6.02. The van der Waals surface area contributed by atoms with Gasteiger partial charge in [-0.1, -0.05) is 18.6 Å². The Balaban J connectivity index is 1.70. The molecule has 0 atom stereocenters. The zero-order valence-corrected chi connectivity index (χ0v) is 13.6. The summed E-state index contributed by atoms with van der Waals surface area (Å²) in [4.78, 5) is 34.8. The van der Waals surface area contributed by atoms with E-state index in [9.17, 15) is 19.5 Å². The van der Waals surface area contributed by atoms with E-state index in [0.717, 1.165) is 17.7 Å². The summed E-state index contributed by atoms with van der Waals surface area (Å²) in [6.07, 6.45) is 1.77. The minimum atomic E-state index is -0.941. The van der Waals surface area contributed by atoms with Gasteiger partial charge in [0.1, 0.15) is 5.75 Å². The molecule has 1 aliphatic carbocycles. The third-order valence-electron chi connectivity index (χ3n) is 4.36. The van der Waals surface area contributed by atoms with Gasteiger partial charge in [-0.25, -0.2) is 0 Å². The number of nitrogens with one attached hydrogen (secondary N) is 2. The number of hydrogen-bond donors (Lipinski definition) is 3. The van der Waals surface area contributed by atoms with E-state index in [1.807, 2.05) is 12.1 Å². The van der Waals surface area contributed by atoms with Crippen LogP contribution in [0.5, 0.6) is 5.75 Å². The molecule has 24 heavy (non-hydrogen) atoms. The SMILES string of the molecule is COc1ccc(CNC(=O)CNC(=O)CC2(C(=O)O)CCC2)cc1. The van der Waals surface area contributed by atoms with Crippen LogP contribution in [-0.4, -0.2) is 36.5 Å². The van der Waals surface area contributed by atoms with Crippen LogP contribution >= 0.6 is 0 Å². The van der Waals surface area contributed by atoms with Gasteiger partial charge in [0, 0.05) is 13.0 Å². The molecule has 7 heteroatoms. The Morgan fingerprint density at radius 3 is 2.29 bits per heavy atom. The summed E-state index contributed by atoms with van der Waals surface area (Å²) < 4.78 is 5.05. The molecule has 1 aromatic rings. The molecule has 1 saturated carbocycles. The monoisotopic (exact) mass is 334 g/mol. The molecule has 1 aromatic carbocycles. The van der Waals surface area contributed by atoms with Crippen molar-refractivity contribution in [3.8, 4) is 5.75 Å². The first-order chi connectivity index (χ1) is 11.4. The van der Waals surface area contributed by atoms with E-state index in [4.69, 9.17) is 4.74 Å². The van der Waals surface area contributed by atoms with Crippen LogP contribution in [-0.2, 0) is 20.9 Å². The second kappa shape index (κ2) is 7.81. The molecular formula is C17H22N2O5. The van der Waals surface area contributed by atoms with Gasteiger partial charge >= 0.3 is 5.97 Å². The number of methoxy groups -OCH3 is 1. The third kappa shape index (κ3) is 4.47. The van der Waals surface area contributed by atoms with Crippen LogP contribution in [0.2, 0.25) is 0 Å². The molecular weight excluding hydrogens is 312 g/mol. The van der Waals surface area contributed by atoms with E-state index in [1.54, 1.807) is 19.2 Å². The number of benzene rings is 1. The minimum absolute atomic E-state index is 0.0753. The van der Waals surface area contributed by atoms with Crippen molar-refractivity contribution < 1.29 is 24.2 Å². The fourth-order valence-electron chi connectivity index (χ4n) is 2.63. The van der Waals surface area contributed by atoms with Gasteiger partial charge in [0.05, 0.1) is 19.1 Å². The van der Waals surface area contributed by atoms with Crippen molar-refractivity contribution >= 4 is 17.8 Å². The number of carboxylic acids is 1. The molecule has 1 aliphatic rings. The van der Waals surface area contributed by atoms with Crippen LogP contribution in [0.1, 0.15) is 31.2 Å². The third-order valence-corrected chi connectivity index (χ3v) is 4.36. The van der Waals surface area contributed by atoms with Gasteiger partial charge in [0.15, 0.2) is 0 Å². The fourth-order valence-corrected chi connectivity index (χ4v) is 2.63. The van der Waals surface area contributed by atoms with Crippen LogP contribution in [0.3, 0.4) is 0 Å². The average Bonchev–Trinajstić information content (AvgIpc) is 2.54. The van der Waals surface area contributed by atoms with Gasteiger partial charge in [-0.2, -0.15) is 0 Å².